The van der Waals surface area contributed by atoms with E-state index in [4.69, 9.17) is 4.52 Å². The first-order chi connectivity index (χ1) is 11.5. The van der Waals surface area contributed by atoms with Crippen molar-refractivity contribution in [3.63, 3.8) is 0 Å². The third kappa shape index (κ3) is 3.65. The van der Waals surface area contributed by atoms with Crippen LogP contribution in [-0.4, -0.2) is 18.6 Å². The number of benzene rings is 1. The average Bonchev–Trinajstić information content (AvgIpc) is 3.18. The van der Waals surface area contributed by atoms with Crippen LogP contribution in [0.1, 0.15) is 29.1 Å². The first-order valence-electron chi connectivity index (χ1n) is 7.46. The maximum atomic E-state index is 12.6. The number of hydrogen-bond acceptors (Lipinski definition) is 6. The Kier molecular flexibility index (Phi) is 4.68. The summed E-state index contributed by atoms with van der Waals surface area (Å²) < 4.78 is 33.3. The number of sulfonamides is 1. The van der Waals surface area contributed by atoms with Crippen LogP contribution >= 0.6 is 11.3 Å². The quantitative estimate of drug-likeness (QED) is 0.725. The molecule has 3 rings (SSSR count). The number of para-hydroxylation sites is 1. The van der Waals surface area contributed by atoms with Crippen molar-refractivity contribution >= 4 is 27.0 Å². The van der Waals surface area contributed by atoms with E-state index in [0.717, 1.165) is 16.9 Å². The SMILES string of the molecule is CCc1ccc(S(=O)(=O)Nc2ccccc2Cc2nc(C)no2)s1. The Hall–Kier alpha value is -2.19. The predicted octanol–water partition coefficient (Wildman–Crippen LogP) is 3.39. The lowest BCUT2D eigenvalue weighted by molar-refractivity contribution is 0.381. The molecular formula is C16H17N3O3S2. The average molecular weight is 363 g/mol. The molecule has 3 aromatic rings. The number of hydrogen-bond donors (Lipinski definition) is 1. The van der Waals surface area contributed by atoms with Gasteiger partial charge in [-0.1, -0.05) is 30.3 Å². The molecule has 0 saturated carbocycles. The molecule has 126 valence electrons. The predicted molar refractivity (Wildman–Crippen MR) is 92.8 cm³/mol. The zero-order valence-electron chi connectivity index (χ0n) is 13.3. The van der Waals surface area contributed by atoms with Gasteiger partial charge in [0.15, 0.2) is 5.82 Å². The summed E-state index contributed by atoms with van der Waals surface area (Å²) in [6, 6.07) is 10.7. The standard InChI is InChI=1S/C16H17N3O3S2/c1-3-13-8-9-16(23-13)24(20,21)19-14-7-5-4-6-12(14)10-15-17-11(2)18-22-15/h4-9,19H,3,10H2,1-2H3. The van der Waals surface area contributed by atoms with Gasteiger partial charge in [-0.15, -0.1) is 11.3 Å². The molecule has 8 heteroatoms. The molecule has 2 heterocycles. The van der Waals surface area contributed by atoms with Gasteiger partial charge < -0.3 is 4.52 Å². The monoisotopic (exact) mass is 363 g/mol. The Labute approximate surface area is 144 Å². The fourth-order valence-electron chi connectivity index (χ4n) is 2.24. The molecule has 1 N–H and O–H groups in total. The largest absolute Gasteiger partial charge is 0.339 e. The molecule has 0 aliphatic rings. The van der Waals surface area contributed by atoms with E-state index in [1.807, 2.05) is 25.1 Å². The molecule has 0 amide bonds. The molecule has 0 spiro atoms. The van der Waals surface area contributed by atoms with Gasteiger partial charge in [-0.3, -0.25) is 4.72 Å². The van der Waals surface area contributed by atoms with Gasteiger partial charge in [-0.05, 0) is 37.1 Å². The van der Waals surface area contributed by atoms with Gasteiger partial charge in [-0.25, -0.2) is 8.42 Å². The molecule has 2 aromatic heterocycles. The maximum Gasteiger partial charge on any atom is 0.271 e. The van der Waals surface area contributed by atoms with Crippen LogP contribution in [0.2, 0.25) is 0 Å². The van der Waals surface area contributed by atoms with E-state index < -0.39 is 10.0 Å². The van der Waals surface area contributed by atoms with Crippen LogP contribution in [0.4, 0.5) is 5.69 Å². The normalized spacial score (nSPS) is 11.6. The number of thiophene rings is 1. The minimum absolute atomic E-state index is 0.308. The van der Waals surface area contributed by atoms with Gasteiger partial charge in [0.1, 0.15) is 4.21 Å². The number of nitrogens with one attached hydrogen (secondary N) is 1. The maximum absolute atomic E-state index is 12.6. The van der Waals surface area contributed by atoms with Crippen LogP contribution < -0.4 is 4.72 Å². The van der Waals surface area contributed by atoms with Gasteiger partial charge in [0.25, 0.3) is 10.0 Å². The zero-order valence-corrected chi connectivity index (χ0v) is 14.9. The summed E-state index contributed by atoms with van der Waals surface area (Å²) in [4.78, 5) is 5.20. The highest BCUT2D eigenvalue weighted by atomic mass is 32.2. The molecular weight excluding hydrogens is 346 g/mol. The number of nitrogens with zero attached hydrogens (tertiary/aromatic N) is 2. The van der Waals surface area contributed by atoms with Crippen molar-refractivity contribution in [1.29, 1.82) is 0 Å². The summed E-state index contributed by atoms with van der Waals surface area (Å²) in [7, 11) is -3.61. The van der Waals surface area contributed by atoms with Crippen LogP contribution in [0, 0.1) is 6.92 Å². The highest BCUT2D eigenvalue weighted by molar-refractivity contribution is 7.94. The van der Waals surface area contributed by atoms with Crippen molar-refractivity contribution in [3.05, 3.63) is 58.6 Å². The van der Waals surface area contributed by atoms with E-state index in [1.54, 1.807) is 25.1 Å². The molecule has 0 fully saturated rings. The second-order valence-corrected chi connectivity index (χ2v) is 8.33. The first kappa shape index (κ1) is 16.7. The van der Waals surface area contributed by atoms with Crippen LogP contribution in [0.25, 0.3) is 0 Å². The van der Waals surface area contributed by atoms with Crippen LogP contribution in [0.5, 0.6) is 0 Å². The molecule has 0 radical (unpaired) electrons. The smallest absolute Gasteiger partial charge is 0.271 e. The number of rotatable bonds is 6. The zero-order chi connectivity index (χ0) is 17.2. The highest BCUT2D eigenvalue weighted by Crippen LogP contribution is 2.26. The summed E-state index contributed by atoms with van der Waals surface area (Å²) in [5.74, 6) is 0.997. The Morgan fingerprint density at radius 3 is 2.67 bits per heavy atom. The van der Waals surface area contributed by atoms with E-state index >= 15 is 0 Å². The van der Waals surface area contributed by atoms with E-state index in [2.05, 4.69) is 14.9 Å². The Morgan fingerprint density at radius 1 is 1.21 bits per heavy atom. The molecule has 1 aromatic carbocycles. The van der Waals surface area contributed by atoms with Gasteiger partial charge >= 0.3 is 0 Å². The third-order valence-electron chi connectivity index (χ3n) is 3.42. The molecule has 0 saturated heterocycles. The molecule has 6 nitrogen and oxygen atoms in total. The first-order valence-corrected chi connectivity index (χ1v) is 9.76. The molecule has 0 aliphatic heterocycles. The summed E-state index contributed by atoms with van der Waals surface area (Å²) in [6.45, 7) is 3.74. The number of anilines is 1. The fourth-order valence-corrected chi connectivity index (χ4v) is 4.63. The minimum atomic E-state index is -3.61. The second-order valence-electron chi connectivity index (χ2n) is 5.25. The van der Waals surface area contributed by atoms with Gasteiger partial charge in [0, 0.05) is 4.88 Å². The number of aromatic nitrogens is 2. The van der Waals surface area contributed by atoms with Crippen molar-refractivity contribution < 1.29 is 12.9 Å². The van der Waals surface area contributed by atoms with Crippen molar-refractivity contribution in [2.75, 3.05) is 4.72 Å². The van der Waals surface area contributed by atoms with Gasteiger partial charge in [-0.2, -0.15) is 4.98 Å². The summed E-state index contributed by atoms with van der Waals surface area (Å²) in [5, 5.41) is 3.75. The van der Waals surface area contributed by atoms with E-state index in [9.17, 15) is 8.42 Å². The van der Waals surface area contributed by atoms with Crippen LogP contribution in [0.15, 0.2) is 45.1 Å². The second kappa shape index (κ2) is 6.74. The molecule has 0 unspecified atom stereocenters. The van der Waals surface area contributed by atoms with Crippen molar-refractivity contribution in [3.8, 4) is 0 Å². The number of aryl methyl sites for hydroxylation is 2. The summed E-state index contributed by atoms with van der Waals surface area (Å²) >= 11 is 1.28. The Morgan fingerprint density at radius 2 is 2.00 bits per heavy atom. The van der Waals surface area contributed by atoms with Crippen molar-refractivity contribution in [1.82, 2.24) is 10.1 Å². The summed E-state index contributed by atoms with van der Waals surface area (Å²) in [6.07, 6.45) is 1.18. The minimum Gasteiger partial charge on any atom is -0.339 e. The van der Waals surface area contributed by atoms with Crippen molar-refractivity contribution in [2.24, 2.45) is 0 Å². The lowest BCUT2D eigenvalue weighted by atomic mass is 10.1. The van der Waals surface area contributed by atoms with Gasteiger partial charge in [0.2, 0.25) is 5.89 Å². The molecule has 0 aliphatic carbocycles. The van der Waals surface area contributed by atoms with Crippen molar-refractivity contribution in [2.45, 2.75) is 30.9 Å². The lowest BCUT2D eigenvalue weighted by Crippen LogP contribution is -2.13. The Bertz CT molecular complexity index is 945. The van der Waals surface area contributed by atoms with Crippen LogP contribution in [0.3, 0.4) is 0 Å². The molecule has 0 atom stereocenters. The van der Waals surface area contributed by atoms with Crippen LogP contribution in [-0.2, 0) is 22.9 Å². The van der Waals surface area contributed by atoms with E-state index in [1.165, 1.54) is 11.3 Å². The topological polar surface area (TPSA) is 85.1 Å². The lowest BCUT2D eigenvalue weighted by Gasteiger charge is -2.10. The molecule has 24 heavy (non-hydrogen) atoms. The summed E-state index contributed by atoms with van der Waals surface area (Å²) in [5.41, 5.74) is 1.29. The van der Waals surface area contributed by atoms with E-state index in [-0.39, 0.29) is 0 Å². The highest BCUT2D eigenvalue weighted by Gasteiger charge is 2.19. The fraction of sp³-hybridized carbons (Fsp3) is 0.250. The third-order valence-corrected chi connectivity index (χ3v) is 6.51. The molecule has 0 bridgehead atoms. The van der Waals surface area contributed by atoms with E-state index in [0.29, 0.717) is 28.0 Å². The van der Waals surface area contributed by atoms with Gasteiger partial charge in [0.05, 0.1) is 12.1 Å². The Balaban J connectivity index is 1.87.